The van der Waals surface area contributed by atoms with Crippen LogP contribution in [0.3, 0.4) is 0 Å². The Balaban J connectivity index is 1.36. The molecule has 0 saturated heterocycles. The molecule has 54 heavy (non-hydrogen) atoms. The average molecular weight is 696 g/mol. The van der Waals surface area contributed by atoms with Crippen molar-refractivity contribution in [3.63, 3.8) is 0 Å². The van der Waals surface area contributed by atoms with Crippen molar-refractivity contribution < 1.29 is 0 Å². The summed E-state index contributed by atoms with van der Waals surface area (Å²) in [6.45, 7) is 4.48. The topological polar surface area (TPSA) is 12.0 Å². The van der Waals surface area contributed by atoms with Gasteiger partial charge in [0.15, 0.2) is 0 Å². The van der Waals surface area contributed by atoms with Crippen molar-refractivity contribution >= 4 is 21.9 Å². The summed E-state index contributed by atoms with van der Waals surface area (Å²) in [5.74, 6) is 0. The van der Waals surface area contributed by atoms with E-state index >= 15 is 0 Å². The molecule has 2 atom stereocenters. The van der Waals surface area contributed by atoms with Crippen LogP contribution in [0.4, 0.5) is 0 Å². The lowest BCUT2D eigenvalue weighted by Crippen LogP contribution is -2.42. The molecule has 0 aliphatic heterocycles. The first-order valence-corrected chi connectivity index (χ1v) is 19.0. The molecule has 262 valence electrons. The fourth-order valence-corrected chi connectivity index (χ4v) is 7.89. The Hall–Kier alpha value is -6.28. The molecular weight excluding hydrogens is 651 g/mol. The van der Waals surface area contributed by atoms with Gasteiger partial charge in [-0.2, -0.15) is 0 Å². The van der Waals surface area contributed by atoms with Gasteiger partial charge in [-0.05, 0) is 104 Å². The smallest absolute Gasteiger partial charge is 0.0669 e. The molecule has 1 nitrogen and oxygen atoms in total. The van der Waals surface area contributed by atoms with Crippen molar-refractivity contribution in [1.82, 2.24) is 5.32 Å². The van der Waals surface area contributed by atoms with E-state index < -0.39 is 5.54 Å². The second-order valence-corrected chi connectivity index (χ2v) is 14.3. The van der Waals surface area contributed by atoms with Gasteiger partial charge < -0.3 is 0 Å². The van der Waals surface area contributed by atoms with Gasteiger partial charge in [0.05, 0.1) is 5.54 Å². The highest BCUT2D eigenvalue weighted by atomic mass is 15.0. The van der Waals surface area contributed by atoms with Gasteiger partial charge in [-0.3, -0.25) is 5.32 Å². The van der Waals surface area contributed by atoms with Crippen LogP contribution < -0.4 is 5.32 Å². The number of aryl methyl sites for hydroxylation is 1. The molecule has 0 heterocycles. The molecule has 1 aliphatic carbocycles. The van der Waals surface area contributed by atoms with Gasteiger partial charge in [0.1, 0.15) is 0 Å². The minimum atomic E-state index is -0.573. The monoisotopic (exact) mass is 695 g/mol. The van der Waals surface area contributed by atoms with Gasteiger partial charge in [-0.25, -0.2) is 0 Å². The lowest BCUT2D eigenvalue weighted by molar-refractivity contribution is 0.373. The van der Waals surface area contributed by atoms with Crippen molar-refractivity contribution in [2.75, 3.05) is 0 Å². The lowest BCUT2D eigenvalue weighted by atomic mass is 9.78. The molecule has 0 radical (unpaired) electrons. The maximum Gasteiger partial charge on any atom is 0.0669 e. The highest BCUT2D eigenvalue weighted by Gasteiger charge is 2.33. The molecule has 0 spiro atoms. The molecule has 2 unspecified atom stereocenters. The SMILES string of the molecule is Cc1ccc(-c2ccc(C3(NC(C)c4ccccc4)/C=C/C=C/C(c4ccccc4)=C\C(c4ccccc4)=C/C3)c(-c3ccccc3)c2)c2ccccc12. The van der Waals surface area contributed by atoms with Gasteiger partial charge in [-0.15, -0.1) is 0 Å². The van der Waals surface area contributed by atoms with E-state index in [4.69, 9.17) is 0 Å². The Morgan fingerprint density at radius 3 is 1.80 bits per heavy atom. The Labute approximate surface area is 320 Å². The molecule has 0 saturated carbocycles. The van der Waals surface area contributed by atoms with Crippen molar-refractivity contribution in [1.29, 1.82) is 0 Å². The summed E-state index contributed by atoms with van der Waals surface area (Å²) in [5.41, 5.74) is 12.8. The molecule has 7 aromatic carbocycles. The first-order chi connectivity index (χ1) is 26.6. The van der Waals surface area contributed by atoms with Crippen molar-refractivity contribution in [3.8, 4) is 22.3 Å². The third kappa shape index (κ3) is 7.33. The molecule has 0 fully saturated rings. The van der Waals surface area contributed by atoms with E-state index in [0.717, 1.165) is 6.42 Å². The predicted octanol–water partition coefficient (Wildman–Crippen LogP) is 13.7. The van der Waals surface area contributed by atoms with Crippen molar-refractivity contribution in [2.45, 2.75) is 31.8 Å². The van der Waals surface area contributed by atoms with E-state index in [1.165, 1.54) is 72.0 Å². The van der Waals surface area contributed by atoms with Crippen LogP contribution in [0.5, 0.6) is 0 Å². The van der Waals surface area contributed by atoms with Gasteiger partial charge in [0.25, 0.3) is 0 Å². The number of allylic oxidation sites excluding steroid dienone is 6. The Morgan fingerprint density at radius 2 is 1.11 bits per heavy atom. The summed E-state index contributed by atoms with van der Waals surface area (Å²) in [6, 6.07) is 63.6. The van der Waals surface area contributed by atoms with Crippen LogP contribution in [-0.2, 0) is 5.54 Å². The molecule has 7 aromatic rings. The molecule has 0 aromatic heterocycles. The number of nitrogens with one attached hydrogen (secondary N) is 1. The van der Waals surface area contributed by atoms with E-state index in [1.54, 1.807) is 0 Å². The van der Waals surface area contributed by atoms with Crippen LogP contribution in [0, 0.1) is 6.92 Å². The van der Waals surface area contributed by atoms with E-state index in [9.17, 15) is 0 Å². The minimum Gasteiger partial charge on any atom is -0.297 e. The number of hydrogen-bond donors (Lipinski definition) is 1. The normalized spacial score (nSPS) is 19.5. The second kappa shape index (κ2) is 15.8. The summed E-state index contributed by atoms with van der Waals surface area (Å²) in [7, 11) is 0. The molecule has 0 bridgehead atoms. The van der Waals surface area contributed by atoms with E-state index in [-0.39, 0.29) is 6.04 Å². The van der Waals surface area contributed by atoms with E-state index in [0.29, 0.717) is 0 Å². The Morgan fingerprint density at radius 1 is 0.519 bits per heavy atom. The average Bonchev–Trinajstić information content (AvgIpc) is 3.24. The first kappa shape index (κ1) is 34.8. The summed E-state index contributed by atoms with van der Waals surface area (Å²) < 4.78 is 0. The highest BCUT2D eigenvalue weighted by molar-refractivity contribution is 5.99. The fourth-order valence-electron chi connectivity index (χ4n) is 7.89. The quantitative estimate of drug-likeness (QED) is 0.167. The zero-order chi connectivity index (χ0) is 36.7. The van der Waals surface area contributed by atoms with Crippen LogP contribution >= 0.6 is 0 Å². The Kier molecular flexibility index (Phi) is 10.2. The van der Waals surface area contributed by atoms with Gasteiger partial charge in [0, 0.05) is 6.04 Å². The van der Waals surface area contributed by atoms with Crippen LogP contribution in [0.15, 0.2) is 212 Å². The molecule has 1 aliphatic rings. The maximum atomic E-state index is 4.22. The summed E-state index contributed by atoms with van der Waals surface area (Å²) in [5, 5.41) is 6.78. The van der Waals surface area contributed by atoms with Crippen LogP contribution in [0.2, 0.25) is 0 Å². The molecular formula is C53H45N. The van der Waals surface area contributed by atoms with Gasteiger partial charge in [0.2, 0.25) is 0 Å². The van der Waals surface area contributed by atoms with Crippen LogP contribution in [-0.4, -0.2) is 0 Å². The Bertz CT molecular complexity index is 2490. The standard InChI is InChI=1S/C53H45N/c1-39-30-32-49(50-29-16-15-28-48(39)50)47-31-33-52(51(38-47)44-25-13-6-14-26-44)53(54-40(2)41-19-7-3-8-20-41)35-18-17-27-45(42-21-9-4-10-22-42)37-46(34-36-53)43-23-11-5-12-24-43/h3-35,37-38,40,54H,36H2,1-2H3/b27-17+,35-18+,45-37+,46-34+. The molecule has 0 amide bonds. The number of rotatable bonds is 8. The molecule has 1 heteroatoms. The largest absolute Gasteiger partial charge is 0.297 e. The summed E-state index contributed by atoms with van der Waals surface area (Å²) in [4.78, 5) is 0. The van der Waals surface area contributed by atoms with Crippen molar-refractivity contribution in [2.24, 2.45) is 0 Å². The fraction of sp³-hybridized carbons (Fsp3) is 0.0943. The molecule has 8 rings (SSSR count). The zero-order valence-corrected chi connectivity index (χ0v) is 31.0. The summed E-state index contributed by atoms with van der Waals surface area (Å²) in [6.07, 6.45) is 14.6. The van der Waals surface area contributed by atoms with Gasteiger partial charge in [-0.1, -0.05) is 200 Å². The van der Waals surface area contributed by atoms with Crippen LogP contribution in [0.1, 0.15) is 47.2 Å². The van der Waals surface area contributed by atoms with E-state index in [1.807, 2.05) is 0 Å². The maximum absolute atomic E-state index is 4.22. The number of hydrogen-bond acceptors (Lipinski definition) is 1. The molecule has 1 N–H and O–H groups in total. The van der Waals surface area contributed by atoms with Gasteiger partial charge >= 0.3 is 0 Å². The first-order valence-electron chi connectivity index (χ1n) is 19.0. The highest BCUT2D eigenvalue weighted by Crippen LogP contribution is 2.42. The third-order valence-electron chi connectivity index (χ3n) is 10.7. The van der Waals surface area contributed by atoms with Crippen molar-refractivity contribution in [3.05, 3.63) is 240 Å². The van der Waals surface area contributed by atoms with E-state index in [2.05, 4.69) is 232 Å². The lowest BCUT2D eigenvalue weighted by Gasteiger charge is -2.37. The number of benzene rings is 7. The van der Waals surface area contributed by atoms with Crippen LogP contribution in [0.25, 0.3) is 44.2 Å². The third-order valence-corrected chi connectivity index (χ3v) is 10.7. The summed E-state index contributed by atoms with van der Waals surface area (Å²) >= 11 is 0. The second-order valence-electron chi connectivity index (χ2n) is 14.3. The number of fused-ring (bicyclic) bond motifs is 1. The minimum absolute atomic E-state index is 0.0658. The predicted molar refractivity (Wildman–Crippen MR) is 231 cm³/mol. The zero-order valence-electron chi connectivity index (χ0n) is 31.0.